The van der Waals surface area contributed by atoms with E-state index in [2.05, 4.69) is 0 Å². The molecule has 2 unspecified atom stereocenters. The lowest BCUT2D eigenvalue weighted by Crippen LogP contribution is -3.00. The minimum Gasteiger partial charge on any atom is -1.00 e. The van der Waals surface area contributed by atoms with Crippen LogP contribution < -0.4 is 18.1 Å². The second-order valence-corrected chi connectivity index (χ2v) is 5.89. The lowest BCUT2D eigenvalue weighted by molar-refractivity contribution is -0.160. The summed E-state index contributed by atoms with van der Waals surface area (Å²) in [6, 6.07) is 0. The first-order valence-corrected chi connectivity index (χ1v) is 5.56. The van der Waals surface area contributed by atoms with Crippen molar-refractivity contribution in [2.45, 2.75) is 44.1 Å². The van der Waals surface area contributed by atoms with Crippen molar-refractivity contribution in [3.8, 4) is 0 Å². The van der Waals surface area contributed by atoms with Gasteiger partial charge in [-0.15, -0.1) is 0 Å². The Balaban J connectivity index is 0.000000750. The molecule has 4 bridgehead atoms. The molecule has 0 aromatic heterocycles. The summed E-state index contributed by atoms with van der Waals surface area (Å²) in [5.41, 5.74) is 5.89. The first-order valence-electron chi connectivity index (χ1n) is 5.56. The minimum atomic E-state index is -0.316. The van der Waals surface area contributed by atoms with E-state index in [-0.39, 0.29) is 18.0 Å². The van der Waals surface area contributed by atoms with Crippen LogP contribution in [0.2, 0.25) is 0 Å². The Labute approximate surface area is 91.7 Å². The van der Waals surface area contributed by atoms with Crippen molar-refractivity contribution in [3.63, 3.8) is 0 Å². The van der Waals surface area contributed by atoms with Gasteiger partial charge in [0.2, 0.25) is 0 Å². The molecule has 0 radical (unpaired) electrons. The maximum absolute atomic E-state index is 10.3. The van der Waals surface area contributed by atoms with Gasteiger partial charge in [-0.25, -0.2) is 0 Å². The SMILES string of the molecule is NCC12CC3CC(CC(O)(C3)C1)C2.[Cl-]. The predicted octanol–water partition coefficient (Wildman–Crippen LogP) is -1.72. The van der Waals surface area contributed by atoms with Gasteiger partial charge >= 0.3 is 0 Å². The van der Waals surface area contributed by atoms with Crippen molar-refractivity contribution >= 4 is 0 Å². The van der Waals surface area contributed by atoms with Gasteiger partial charge in [0, 0.05) is 0 Å². The summed E-state index contributed by atoms with van der Waals surface area (Å²) in [5, 5.41) is 10.3. The molecular formula is C11H19ClNO-. The van der Waals surface area contributed by atoms with Crippen molar-refractivity contribution in [2.24, 2.45) is 23.0 Å². The first-order chi connectivity index (χ1) is 6.13. The van der Waals surface area contributed by atoms with Gasteiger partial charge in [0.25, 0.3) is 0 Å². The van der Waals surface area contributed by atoms with Gasteiger partial charge in [0.1, 0.15) is 0 Å². The zero-order valence-electron chi connectivity index (χ0n) is 8.51. The Morgan fingerprint density at radius 2 is 1.71 bits per heavy atom. The summed E-state index contributed by atoms with van der Waals surface area (Å²) in [6.45, 7) is 0.794. The predicted molar refractivity (Wildman–Crippen MR) is 51.1 cm³/mol. The Morgan fingerprint density at radius 3 is 2.14 bits per heavy atom. The fraction of sp³-hybridized carbons (Fsp3) is 1.00. The normalized spacial score (nSPS) is 54.4. The summed E-state index contributed by atoms with van der Waals surface area (Å²) >= 11 is 0. The zero-order valence-corrected chi connectivity index (χ0v) is 9.26. The van der Waals surface area contributed by atoms with Crippen molar-refractivity contribution < 1.29 is 17.5 Å². The smallest absolute Gasteiger partial charge is 0.0658 e. The molecule has 0 aromatic rings. The first kappa shape index (κ1) is 10.7. The number of hydrogen-bond acceptors (Lipinski definition) is 2. The van der Waals surface area contributed by atoms with Crippen molar-refractivity contribution in [1.82, 2.24) is 0 Å². The minimum absolute atomic E-state index is 0. The Bertz CT molecular complexity index is 229. The van der Waals surface area contributed by atoms with Gasteiger partial charge in [-0.05, 0) is 62.3 Å². The van der Waals surface area contributed by atoms with Crippen LogP contribution in [0, 0.1) is 17.3 Å². The number of hydrogen-bond donors (Lipinski definition) is 2. The van der Waals surface area contributed by atoms with Gasteiger partial charge in [0.15, 0.2) is 0 Å². The van der Waals surface area contributed by atoms with E-state index in [0.29, 0.717) is 5.41 Å². The largest absolute Gasteiger partial charge is 1.00 e. The Hall–Kier alpha value is 0.210. The van der Waals surface area contributed by atoms with Crippen LogP contribution in [0.15, 0.2) is 0 Å². The van der Waals surface area contributed by atoms with Gasteiger partial charge in [-0.1, -0.05) is 0 Å². The van der Waals surface area contributed by atoms with Crippen molar-refractivity contribution in [1.29, 1.82) is 0 Å². The van der Waals surface area contributed by atoms with E-state index in [0.717, 1.165) is 37.6 Å². The quantitative estimate of drug-likeness (QED) is 0.548. The number of halogens is 1. The summed E-state index contributed by atoms with van der Waals surface area (Å²) in [5.74, 6) is 1.57. The lowest BCUT2D eigenvalue weighted by atomic mass is 9.48. The molecule has 3 heteroatoms. The second kappa shape index (κ2) is 3.10. The van der Waals surface area contributed by atoms with Crippen LogP contribution in [0.1, 0.15) is 38.5 Å². The average Bonchev–Trinajstić information content (AvgIpc) is 1.99. The standard InChI is InChI=1S/C11H19NO.ClH/c12-7-10-2-8-1-9(3-10)5-11(13,4-8)6-10;/h8-9,13H,1-7,12H2;1H/p-1. The van der Waals surface area contributed by atoms with Crippen LogP contribution in [0.3, 0.4) is 0 Å². The van der Waals surface area contributed by atoms with Crippen molar-refractivity contribution in [3.05, 3.63) is 0 Å². The summed E-state index contributed by atoms with van der Waals surface area (Å²) in [4.78, 5) is 0. The molecule has 4 aliphatic carbocycles. The fourth-order valence-electron chi connectivity index (χ4n) is 4.64. The second-order valence-electron chi connectivity index (χ2n) is 5.89. The Kier molecular flexibility index (Phi) is 2.37. The van der Waals surface area contributed by atoms with Crippen LogP contribution in [0.4, 0.5) is 0 Å². The molecule has 4 aliphatic rings. The van der Waals surface area contributed by atoms with Gasteiger partial charge < -0.3 is 23.2 Å². The molecule has 0 aromatic carbocycles. The molecule has 0 spiro atoms. The molecule has 0 saturated heterocycles. The molecule has 4 fully saturated rings. The highest BCUT2D eigenvalue weighted by atomic mass is 35.5. The van der Waals surface area contributed by atoms with E-state index in [4.69, 9.17) is 5.73 Å². The van der Waals surface area contributed by atoms with E-state index < -0.39 is 0 Å². The Morgan fingerprint density at radius 1 is 1.14 bits per heavy atom. The third kappa shape index (κ3) is 1.39. The van der Waals surface area contributed by atoms with E-state index in [1.54, 1.807) is 0 Å². The molecule has 4 rings (SSSR count). The van der Waals surface area contributed by atoms with E-state index >= 15 is 0 Å². The molecular weight excluding hydrogens is 198 g/mol. The highest BCUT2D eigenvalue weighted by Crippen LogP contribution is 2.61. The monoisotopic (exact) mass is 216 g/mol. The average molecular weight is 217 g/mol. The summed E-state index contributed by atoms with van der Waals surface area (Å²) in [6.07, 6.45) is 7.06. The highest BCUT2D eigenvalue weighted by molar-refractivity contribution is 5.08. The molecule has 0 heterocycles. The molecule has 3 N–H and O–H groups in total. The molecule has 2 nitrogen and oxygen atoms in total. The van der Waals surface area contributed by atoms with Crippen LogP contribution in [0.5, 0.6) is 0 Å². The van der Waals surface area contributed by atoms with Gasteiger partial charge in [0.05, 0.1) is 5.60 Å². The molecule has 4 saturated carbocycles. The number of rotatable bonds is 1. The van der Waals surface area contributed by atoms with Crippen LogP contribution in [0.25, 0.3) is 0 Å². The third-order valence-electron chi connectivity index (χ3n) is 4.58. The van der Waals surface area contributed by atoms with E-state index in [9.17, 15) is 5.11 Å². The third-order valence-corrected chi connectivity index (χ3v) is 4.58. The number of nitrogens with two attached hydrogens (primary N) is 1. The van der Waals surface area contributed by atoms with Gasteiger partial charge in [-0.2, -0.15) is 0 Å². The maximum atomic E-state index is 10.3. The lowest BCUT2D eigenvalue weighted by Gasteiger charge is -2.60. The molecule has 0 amide bonds. The van der Waals surface area contributed by atoms with E-state index in [1.807, 2.05) is 0 Å². The highest BCUT2D eigenvalue weighted by Gasteiger charge is 2.56. The maximum Gasteiger partial charge on any atom is 0.0658 e. The topological polar surface area (TPSA) is 46.2 Å². The molecule has 0 aliphatic heterocycles. The molecule has 82 valence electrons. The zero-order chi connectivity index (χ0) is 9.10. The van der Waals surface area contributed by atoms with E-state index in [1.165, 1.54) is 19.3 Å². The van der Waals surface area contributed by atoms with Crippen LogP contribution >= 0.6 is 0 Å². The van der Waals surface area contributed by atoms with Gasteiger partial charge in [-0.3, -0.25) is 0 Å². The summed E-state index contributed by atoms with van der Waals surface area (Å²) in [7, 11) is 0. The van der Waals surface area contributed by atoms with Crippen LogP contribution in [-0.2, 0) is 0 Å². The molecule has 2 atom stereocenters. The number of aliphatic hydroxyl groups is 1. The fourth-order valence-corrected chi connectivity index (χ4v) is 4.64. The van der Waals surface area contributed by atoms with Crippen LogP contribution in [-0.4, -0.2) is 17.3 Å². The molecule has 14 heavy (non-hydrogen) atoms. The summed E-state index contributed by atoms with van der Waals surface area (Å²) < 4.78 is 0. The van der Waals surface area contributed by atoms with Crippen molar-refractivity contribution in [2.75, 3.05) is 6.54 Å².